The van der Waals surface area contributed by atoms with Crippen molar-refractivity contribution in [2.24, 2.45) is 0 Å². The van der Waals surface area contributed by atoms with Crippen LogP contribution < -0.4 is 19.7 Å². The fourth-order valence-corrected chi connectivity index (χ4v) is 3.70. The minimum absolute atomic E-state index is 0.00226. The molecule has 0 saturated carbocycles. The highest BCUT2D eigenvalue weighted by Crippen LogP contribution is 2.31. The summed E-state index contributed by atoms with van der Waals surface area (Å²) in [7, 11) is 1.51. The van der Waals surface area contributed by atoms with Crippen molar-refractivity contribution in [2.45, 2.75) is 20.0 Å². The number of Topliss-reactive ketones (excluding diaryl/α,β-unsaturated/α-hetero) is 1. The Bertz CT molecular complexity index is 1120. The van der Waals surface area contributed by atoms with Gasteiger partial charge in [0.05, 0.1) is 49.6 Å². The smallest absolute Gasteiger partial charge is 0.227 e. The van der Waals surface area contributed by atoms with E-state index in [9.17, 15) is 4.79 Å². The van der Waals surface area contributed by atoms with E-state index in [0.717, 1.165) is 24.6 Å². The van der Waals surface area contributed by atoms with Gasteiger partial charge < -0.3 is 24.4 Å². The number of hydrogen-bond acceptors (Lipinski definition) is 9. The predicted molar refractivity (Wildman–Crippen MR) is 130 cm³/mol. The third kappa shape index (κ3) is 5.73. The molecule has 0 radical (unpaired) electrons. The Morgan fingerprint density at radius 1 is 1.15 bits per heavy atom. The number of ketones is 1. The topological polar surface area (TPSA) is 98.7 Å². The first-order valence-corrected chi connectivity index (χ1v) is 11.4. The number of halogens is 1. The van der Waals surface area contributed by atoms with Crippen molar-refractivity contribution in [3.8, 4) is 11.5 Å². The van der Waals surface area contributed by atoms with Gasteiger partial charge in [0.25, 0.3) is 0 Å². The lowest BCUT2D eigenvalue weighted by molar-refractivity contribution is 0.0987. The SMILES string of the molecule is CCC(=O)c1cc(COc2cnc(Nc3ccc(N4CCOCC4)nc3)nc2)c(Cl)c(OC)c1. The van der Waals surface area contributed by atoms with Gasteiger partial charge in [-0.05, 0) is 24.3 Å². The molecular formula is C24H26ClN5O4. The van der Waals surface area contributed by atoms with Crippen molar-refractivity contribution in [1.82, 2.24) is 15.0 Å². The quantitative estimate of drug-likeness (QED) is 0.447. The molecule has 2 aromatic heterocycles. The molecule has 9 nitrogen and oxygen atoms in total. The molecule has 3 aromatic rings. The third-order valence-corrected chi connectivity index (χ3v) is 5.77. The number of methoxy groups -OCH3 is 1. The Labute approximate surface area is 203 Å². The van der Waals surface area contributed by atoms with Crippen molar-refractivity contribution in [3.05, 3.63) is 59.0 Å². The van der Waals surface area contributed by atoms with Gasteiger partial charge in [-0.3, -0.25) is 4.79 Å². The molecule has 0 amide bonds. The molecule has 0 atom stereocenters. The highest BCUT2D eigenvalue weighted by Gasteiger charge is 2.15. The number of nitrogens with zero attached hydrogens (tertiary/aromatic N) is 4. The number of carbonyl (C=O) groups excluding carboxylic acids is 1. The zero-order valence-corrected chi connectivity index (χ0v) is 19.8. The lowest BCUT2D eigenvalue weighted by Gasteiger charge is -2.27. The van der Waals surface area contributed by atoms with Crippen molar-refractivity contribution >= 4 is 34.8 Å². The summed E-state index contributed by atoms with van der Waals surface area (Å²) in [5.74, 6) is 2.24. The molecule has 1 N–H and O–H groups in total. The fourth-order valence-electron chi connectivity index (χ4n) is 3.46. The first-order valence-electron chi connectivity index (χ1n) is 11.0. The van der Waals surface area contributed by atoms with Gasteiger partial charge in [0.1, 0.15) is 18.2 Å². The van der Waals surface area contributed by atoms with Crippen molar-refractivity contribution in [1.29, 1.82) is 0 Å². The van der Waals surface area contributed by atoms with Gasteiger partial charge in [0.2, 0.25) is 5.95 Å². The largest absolute Gasteiger partial charge is 0.495 e. The summed E-state index contributed by atoms with van der Waals surface area (Å²) in [6, 6.07) is 7.26. The van der Waals surface area contributed by atoms with Crippen LogP contribution in [0.2, 0.25) is 5.02 Å². The molecule has 1 aliphatic heterocycles. The van der Waals surface area contributed by atoms with Gasteiger partial charge in [-0.25, -0.2) is 15.0 Å². The van der Waals surface area contributed by atoms with Gasteiger partial charge >= 0.3 is 0 Å². The van der Waals surface area contributed by atoms with E-state index < -0.39 is 0 Å². The van der Waals surface area contributed by atoms with Gasteiger partial charge in [-0.1, -0.05) is 18.5 Å². The summed E-state index contributed by atoms with van der Waals surface area (Å²) in [6.45, 7) is 5.05. The highest BCUT2D eigenvalue weighted by atomic mass is 35.5. The molecule has 4 rings (SSSR count). The van der Waals surface area contributed by atoms with Crippen molar-refractivity contribution in [3.63, 3.8) is 0 Å². The Balaban J connectivity index is 1.37. The van der Waals surface area contributed by atoms with Crippen LogP contribution in [0.3, 0.4) is 0 Å². The Hall–Kier alpha value is -3.43. The standard InChI is InChI=1S/C24H26ClN5O4/c1-3-20(31)16-10-17(23(25)21(11-16)32-2)15-34-19-13-27-24(28-14-19)29-18-4-5-22(26-12-18)30-6-8-33-9-7-30/h4-5,10-14H,3,6-9,15H2,1-2H3,(H,27,28,29). The summed E-state index contributed by atoms with van der Waals surface area (Å²) >= 11 is 6.40. The molecule has 10 heteroatoms. The lowest BCUT2D eigenvalue weighted by Crippen LogP contribution is -2.36. The molecule has 1 saturated heterocycles. The van der Waals surface area contributed by atoms with E-state index in [-0.39, 0.29) is 12.4 Å². The molecule has 0 bridgehead atoms. The molecule has 1 fully saturated rings. The van der Waals surface area contributed by atoms with E-state index in [1.807, 2.05) is 12.1 Å². The number of benzene rings is 1. The van der Waals surface area contributed by atoms with E-state index >= 15 is 0 Å². The number of hydrogen-bond donors (Lipinski definition) is 1. The first kappa shape index (κ1) is 23.7. The summed E-state index contributed by atoms with van der Waals surface area (Å²) < 4.78 is 16.5. The molecule has 1 aliphatic rings. The Morgan fingerprint density at radius 3 is 2.56 bits per heavy atom. The van der Waals surface area contributed by atoms with Crippen LogP contribution in [-0.4, -0.2) is 54.1 Å². The number of morpholine rings is 1. The van der Waals surface area contributed by atoms with E-state index in [1.165, 1.54) is 7.11 Å². The number of anilines is 3. The summed E-state index contributed by atoms with van der Waals surface area (Å²) in [5, 5.41) is 3.53. The van der Waals surface area contributed by atoms with E-state index in [2.05, 4.69) is 25.2 Å². The maximum Gasteiger partial charge on any atom is 0.227 e. The van der Waals surface area contributed by atoms with Crippen LogP contribution in [0.15, 0.2) is 42.9 Å². The van der Waals surface area contributed by atoms with E-state index in [1.54, 1.807) is 37.6 Å². The predicted octanol–water partition coefficient (Wildman–Crippen LogP) is 4.29. The second kappa shape index (κ2) is 11.1. The second-order valence-electron chi connectivity index (χ2n) is 7.59. The molecule has 1 aromatic carbocycles. The monoisotopic (exact) mass is 483 g/mol. The van der Waals surface area contributed by atoms with Gasteiger partial charge in [-0.2, -0.15) is 0 Å². The number of carbonyl (C=O) groups is 1. The molecule has 0 unspecified atom stereocenters. The van der Waals surface area contributed by atoms with Crippen molar-refractivity contribution < 1.29 is 19.0 Å². The average Bonchev–Trinajstić information content (AvgIpc) is 2.89. The summed E-state index contributed by atoms with van der Waals surface area (Å²) in [4.78, 5) is 27.4. The second-order valence-corrected chi connectivity index (χ2v) is 7.97. The van der Waals surface area contributed by atoms with E-state index in [4.69, 9.17) is 25.8 Å². The molecule has 0 aliphatic carbocycles. The fraction of sp³-hybridized carbons (Fsp3) is 0.333. The molecule has 178 valence electrons. The maximum absolute atomic E-state index is 12.1. The van der Waals surface area contributed by atoms with Crippen molar-refractivity contribution in [2.75, 3.05) is 43.6 Å². The van der Waals surface area contributed by atoms with Crippen LogP contribution >= 0.6 is 11.6 Å². The Kier molecular flexibility index (Phi) is 7.76. The summed E-state index contributed by atoms with van der Waals surface area (Å²) in [5.41, 5.74) is 1.96. The van der Waals surface area contributed by atoms with Crippen LogP contribution in [-0.2, 0) is 11.3 Å². The lowest BCUT2D eigenvalue weighted by atomic mass is 10.1. The molecule has 34 heavy (non-hydrogen) atoms. The van der Waals surface area contributed by atoms with Crippen LogP contribution in [0.25, 0.3) is 0 Å². The minimum Gasteiger partial charge on any atom is -0.495 e. The third-order valence-electron chi connectivity index (χ3n) is 5.34. The van der Waals surface area contributed by atoms with Gasteiger partial charge in [0.15, 0.2) is 11.5 Å². The van der Waals surface area contributed by atoms with Gasteiger partial charge in [-0.15, -0.1) is 0 Å². The zero-order chi connectivity index (χ0) is 23.9. The summed E-state index contributed by atoms with van der Waals surface area (Å²) in [6.07, 6.45) is 5.27. The minimum atomic E-state index is 0.00226. The first-order chi connectivity index (χ1) is 16.6. The maximum atomic E-state index is 12.1. The number of nitrogens with one attached hydrogen (secondary N) is 1. The van der Waals surface area contributed by atoms with Crippen LogP contribution in [0.4, 0.5) is 17.5 Å². The molecule has 0 spiro atoms. The number of pyridine rings is 1. The van der Waals surface area contributed by atoms with Gasteiger partial charge in [0, 0.05) is 30.6 Å². The number of aromatic nitrogens is 3. The van der Waals surface area contributed by atoms with Crippen LogP contribution in [0.1, 0.15) is 29.3 Å². The average molecular weight is 484 g/mol. The number of ether oxygens (including phenoxy) is 3. The van der Waals surface area contributed by atoms with E-state index in [0.29, 0.717) is 53.2 Å². The normalized spacial score (nSPS) is 13.4. The molecular weight excluding hydrogens is 458 g/mol. The Morgan fingerprint density at radius 2 is 1.91 bits per heavy atom. The number of rotatable bonds is 9. The highest BCUT2D eigenvalue weighted by molar-refractivity contribution is 6.33. The van der Waals surface area contributed by atoms with Crippen LogP contribution in [0, 0.1) is 0 Å². The molecule has 3 heterocycles. The zero-order valence-electron chi connectivity index (χ0n) is 19.1. The van der Waals surface area contributed by atoms with Crippen LogP contribution in [0.5, 0.6) is 11.5 Å².